The van der Waals surface area contributed by atoms with E-state index in [1.165, 1.54) is 0 Å². The van der Waals surface area contributed by atoms with Crippen molar-refractivity contribution in [3.63, 3.8) is 0 Å². The summed E-state index contributed by atoms with van der Waals surface area (Å²) in [6.45, 7) is 4.22. The number of hydrogen-bond donors (Lipinski definition) is 2. The molecule has 1 atom stereocenters. The maximum Gasteiger partial charge on any atom is 0.317 e. The SMILES string of the molecule is CC(C)[C@@H](CC(=O)O)NC(=O)N(C)Cc1cccc2cnccc12. The number of rotatable bonds is 6. The van der Waals surface area contributed by atoms with Gasteiger partial charge >= 0.3 is 12.0 Å². The zero-order valence-corrected chi connectivity index (χ0v) is 14.2. The van der Waals surface area contributed by atoms with Crippen molar-refractivity contribution >= 4 is 22.8 Å². The molecule has 2 aromatic rings. The van der Waals surface area contributed by atoms with Crippen molar-refractivity contribution in [3.8, 4) is 0 Å². The molecule has 0 saturated heterocycles. The zero-order chi connectivity index (χ0) is 17.7. The van der Waals surface area contributed by atoms with Gasteiger partial charge in [-0.05, 0) is 22.9 Å². The van der Waals surface area contributed by atoms with Crippen LogP contribution in [0.4, 0.5) is 4.79 Å². The number of carbonyl (C=O) groups excluding carboxylic acids is 1. The van der Waals surface area contributed by atoms with E-state index in [0.717, 1.165) is 16.3 Å². The lowest BCUT2D eigenvalue weighted by atomic mass is 10.0. The van der Waals surface area contributed by atoms with E-state index >= 15 is 0 Å². The van der Waals surface area contributed by atoms with Gasteiger partial charge in [0, 0.05) is 37.4 Å². The second-order valence-corrected chi connectivity index (χ2v) is 6.27. The molecule has 24 heavy (non-hydrogen) atoms. The third-order valence-electron chi connectivity index (χ3n) is 4.03. The van der Waals surface area contributed by atoms with Crippen LogP contribution in [0.5, 0.6) is 0 Å². The number of carbonyl (C=O) groups is 2. The highest BCUT2D eigenvalue weighted by Crippen LogP contribution is 2.19. The molecule has 0 spiro atoms. The Morgan fingerprint density at radius 3 is 2.71 bits per heavy atom. The molecule has 6 nitrogen and oxygen atoms in total. The molecule has 128 valence electrons. The minimum absolute atomic E-state index is 0.0436. The van der Waals surface area contributed by atoms with Crippen molar-refractivity contribution in [2.75, 3.05) is 7.05 Å². The number of carboxylic acid groups (broad SMARTS) is 1. The van der Waals surface area contributed by atoms with Gasteiger partial charge in [0.15, 0.2) is 0 Å². The minimum Gasteiger partial charge on any atom is -0.481 e. The molecule has 0 radical (unpaired) electrons. The predicted molar refractivity (Wildman–Crippen MR) is 92.6 cm³/mol. The highest BCUT2D eigenvalue weighted by molar-refractivity contribution is 5.85. The van der Waals surface area contributed by atoms with E-state index in [4.69, 9.17) is 5.11 Å². The average molecular weight is 329 g/mol. The largest absolute Gasteiger partial charge is 0.481 e. The monoisotopic (exact) mass is 329 g/mol. The van der Waals surface area contributed by atoms with Crippen LogP contribution in [0.15, 0.2) is 36.7 Å². The van der Waals surface area contributed by atoms with Gasteiger partial charge in [-0.25, -0.2) is 4.79 Å². The van der Waals surface area contributed by atoms with Gasteiger partial charge in [-0.1, -0.05) is 32.0 Å². The number of carboxylic acids is 1. The molecule has 0 aliphatic heterocycles. The Morgan fingerprint density at radius 2 is 2.04 bits per heavy atom. The van der Waals surface area contributed by atoms with E-state index in [2.05, 4.69) is 10.3 Å². The van der Waals surface area contributed by atoms with Crippen molar-refractivity contribution < 1.29 is 14.7 Å². The van der Waals surface area contributed by atoms with Crippen molar-refractivity contribution in [2.45, 2.75) is 32.9 Å². The van der Waals surface area contributed by atoms with Gasteiger partial charge in [0.2, 0.25) is 0 Å². The number of hydrogen-bond acceptors (Lipinski definition) is 3. The van der Waals surface area contributed by atoms with Crippen molar-refractivity contribution in [2.24, 2.45) is 5.92 Å². The van der Waals surface area contributed by atoms with E-state index in [1.807, 2.05) is 38.1 Å². The van der Waals surface area contributed by atoms with Gasteiger partial charge in [-0.2, -0.15) is 0 Å². The number of pyridine rings is 1. The Balaban J connectivity index is 2.09. The first-order valence-corrected chi connectivity index (χ1v) is 7.93. The molecule has 2 amide bonds. The topological polar surface area (TPSA) is 82.5 Å². The summed E-state index contributed by atoms with van der Waals surface area (Å²) in [4.78, 5) is 29.0. The summed E-state index contributed by atoms with van der Waals surface area (Å²) in [6, 6.07) is 7.15. The molecule has 0 fully saturated rings. The molecule has 0 aliphatic carbocycles. The van der Waals surface area contributed by atoms with Crippen LogP contribution in [0.25, 0.3) is 10.8 Å². The first-order valence-electron chi connectivity index (χ1n) is 7.93. The number of aromatic nitrogens is 1. The number of nitrogens with zero attached hydrogens (tertiary/aromatic N) is 2. The minimum atomic E-state index is -0.918. The fraction of sp³-hybridized carbons (Fsp3) is 0.389. The van der Waals surface area contributed by atoms with Crippen LogP contribution < -0.4 is 5.32 Å². The van der Waals surface area contributed by atoms with Gasteiger partial charge in [0.25, 0.3) is 0 Å². The summed E-state index contributed by atoms with van der Waals surface area (Å²) >= 11 is 0. The quantitative estimate of drug-likeness (QED) is 0.854. The lowest BCUT2D eigenvalue weighted by molar-refractivity contribution is -0.137. The molecular formula is C18H23N3O3. The zero-order valence-electron chi connectivity index (χ0n) is 14.2. The molecule has 6 heteroatoms. The molecule has 0 unspecified atom stereocenters. The van der Waals surface area contributed by atoms with Crippen LogP contribution in [-0.4, -0.2) is 40.1 Å². The normalized spacial score (nSPS) is 12.2. The molecule has 0 bridgehead atoms. The second kappa shape index (κ2) is 7.77. The number of urea groups is 1. The third-order valence-corrected chi connectivity index (χ3v) is 4.03. The van der Waals surface area contributed by atoms with Gasteiger partial charge < -0.3 is 15.3 Å². The maximum atomic E-state index is 12.4. The molecule has 1 aromatic heterocycles. The number of fused-ring (bicyclic) bond motifs is 1. The Labute approximate surface area is 141 Å². The molecule has 0 aliphatic rings. The van der Waals surface area contributed by atoms with E-state index in [9.17, 15) is 9.59 Å². The van der Waals surface area contributed by atoms with E-state index in [-0.39, 0.29) is 18.4 Å². The van der Waals surface area contributed by atoms with E-state index in [0.29, 0.717) is 6.54 Å². The van der Waals surface area contributed by atoms with E-state index < -0.39 is 12.0 Å². The molecular weight excluding hydrogens is 306 g/mol. The first kappa shape index (κ1) is 17.7. The summed E-state index contributed by atoms with van der Waals surface area (Å²) in [7, 11) is 1.70. The standard InChI is InChI=1S/C18H23N3O3/c1-12(2)16(9-17(22)23)20-18(24)21(3)11-14-6-4-5-13-10-19-8-7-15(13)14/h4-8,10,12,16H,9,11H2,1-3H3,(H,20,24)(H,22,23)/t16-/m1/s1. The Hall–Kier alpha value is -2.63. The second-order valence-electron chi connectivity index (χ2n) is 6.27. The van der Waals surface area contributed by atoms with Crippen LogP contribution in [0.3, 0.4) is 0 Å². The summed E-state index contributed by atoms with van der Waals surface area (Å²) < 4.78 is 0. The predicted octanol–water partition coefficient (Wildman–Crippen LogP) is 2.88. The van der Waals surface area contributed by atoms with Crippen LogP contribution in [-0.2, 0) is 11.3 Å². The van der Waals surface area contributed by atoms with Crippen LogP contribution in [0.1, 0.15) is 25.8 Å². The molecule has 0 saturated carbocycles. The Kier molecular flexibility index (Phi) is 5.73. The van der Waals surface area contributed by atoms with Gasteiger partial charge in [0.1, 0.15) is 0 Å². The van der Waals surface area contributed by atoms with Gasteiger partial charge in [-0.15, -0.1) is 0 Å². The Morgan fingerprint density at radius 1 is 1.29 bits per heavy atom. The average Bonchev–Trinajstić information content (AvgIpc) is 2.54. The lowest BCUT2D eigenvalue weighted by Gasteiger charge is -2.25. The number of nitrogens with one attached hydrogen (secondary N) is 1. The molecule has 2 rings (SSSR count). The maximum absolute atomic E-state index is 12.4. The van der Waals surface area contributed by atoms with Crippen molar-refractivity contribution in [1.82, 2.24) is 15.2 Å². The van der Waals surface area contributed by atoms with Crippen LogP contribution >= 0.6 is 0 Å². The summed E-state index contributed by atoms with van der Waals surface area (Å²) in [5.41, 5.74) is 1.02. The van der Waals surface area contributed by atoms with Crippen LogP contribution in [0, 0.1) is 5.92 Å². The van der Waals surface area contributed by atoms with Crippen molar-refractivity contribution in [3.05, 3.63) is 42.2 Å². The fourth-order valence-electron chi connectivity index (χ4n) is 2.57. The highest BCUT2D eigenvalue weighted by atomic mass is 16.4. The number of aliphatic carboxylic acids is 1. The summed E-state index contributed by atoms with van der Waals surface area (Å²) in [5.74, 6) is -0.875. The molecule has 2 N–H and O–H groups in total. The van der Waals surface area contributed by atoms with Gasteiger partial charge in [-0.3, -0.25) is 9.78 Å². The summed E-state index contributed by atoms with van der Waals surface area (Å²) in [6.07, 6.45) is 3.44. The molecule has 1 aromatic carbocycles. The lowest BCUT2D eigenvalue weighted by Crippen LogP contribution is -2.45. The Bertz CT molecular complexity index is 725. The smallest absolute Gasteiger partial charge is 0.317 e. The highest BCUT2D eigenvalue weighted by Gasteiger charge is 2.21. The summed E-state index contributed by atoms with van der Waals surface area (Å²) in [5, 5.41) is 13.9. The third kappa shape index (κ3) is 4.44. The van der Waals surface area contributed by atoms with Gasteiger partial charge in [0.05, 0.1) is 6.42 Å². The van der Waals surface area contributed by atoms with Crippen LogP contribution in [0.2, 0.25) is 0 Å². The van der Waals surface area contributed by atoms with Crippen molar-refractivity contribution in [1.29, 1.82) is 0 Å². The first-order chi connectivity index (χ1) is 11.4. The number of benzene rings is 1. The van der Waals surface area contributed by atoms with E-state index in [1.54, 1.807) is 24.3 Å². The fourth-order valence-corrected chi connectivity index (χ4v) is 2.57. The number of amides is 2. The molecule has 1 heterocycles.